The number of amides is 1. The van der Waals surface area contributed by atoms with Gasteiger partial charge in [0.15, 0.2) is 4.34 Å². The van der Waals surface area contributed by atoms with Crippen molar-refractivity contribution < 1.29 is 14.7 Å². The van der Waals surface area contributed by atoms with Crippen molar-refractivity contribution in [3.8, 4) is 0 Å². The minimum Gasteiger partial charge on any atom is -0.480 e. The van der Waals surface area contributed by atoms with E-state index in [2.05, 4.69) is 10.3 Å². The molecule has 3 aromatic rings. The Kier molecular flexibility index (Phi) is 5.57. The highest BCUT2D eigenvalue weighted by Crippen LogP contribution is 2.36. The molecule has 8 heteroatoms. The molecule has 0 atom stereocenters. The van der Waals surface area contributed by atoms with Crippen molar-refractivity contribution in [3.63, 3.8) is 0 Å². The summed E-state index contributed by atoms with van der Waals surface area (Å²) in [5.41, 5.74) is 1.67. The first-order valence-electron chi connectivity index (χ1n) is 7.31. The highest BCUT2D eigenvalue weighted by Gasteiger charge is 2.12. The van der Waals surface area contributed by atoms with E-state index in [0.29, 0.717) is 5.02 Å². The van der Waals surface area contributed by atoms with E-state index < -0.39 is 5.97 Å². The number of carbonyl (C=O) groups is 2. The number of thiazole rings is 1. The minimum atomic E-state index is -1.07. The van der Waals surface area contributed by atoms with E-state index in [1.165, 1.54) is 11.8 Å². The lowest BCUT2D eigenvalue weighted by Crippen LogP contribution is -2.30. The summed E-state index contributed by atoms with van der Waals surface area (Å²) in [6.45, 7) is -0.382. The molecule has 5 nitrogen and oxygen atoms in total. The smallest absolute Gasteiger partial charge is 0.322 e. The van der Waals surface area contributed by atoms with Gasteiger partial charge in [0, 0.05) is 9.92 Å². The van der Waals surface area contributed by atoms with Crippen LogP contribution in [0.1, 0.15) is 5.56 Å². The van der Waals surface area contributed by atoms with Crippen molar-refractivity contribution in [1.29, 1.82) is 0 Å². The van der Waals surface area contributed by atoms with Gasteiger partial charge in [-0.25, -0.2) is 4.98 Å². The number of fused-ring (bicyclic) bond motifs is 1. The van der Waals surface area contributed by atoms with Gasteiger partial charge in [-0.1, -0.05) is 41.6 Å². The Morgan fingerprint density at radius 3 is 2.84 bits per heavy atom. The lowest BCUT2D eigenvalue weighted by Gasteiger charge is -2.07. The zero-order valence-electron chi connectivity index (χ0n) is 12.9. The zero-order valence-corrected chi connectivity index (χ0v) is 15.2. The molecule has 0 aliphatic heterocycles. The number of carbonyl (C=O) groups excluding carboxylic acids is 1. The molecule has 0 saturated heterocycles. The average Bonchev–Trinajstić information content (AvgIpc) is 2.96. The van der Waals surface area contributed by atoms with Crippen molar-refractivity contribution in [2.45, 2.75) is 15.7 Å². The summed E-state index contributed by atoms with van der Waals surface area (Å²) in [5.74, 6) is -1.39. The van der Waals surface area contributed by atoms with E-state index in [1.54, 1.807) is 11.3 Å². The third kappa shape index (κ3) is 4.72. The highest BCUT2D eigenvalue weighted by molar-refractivity contribution is 8.01. The van der Waals surface area contributed by atoms with Gasteiger partial charge >= 0.3 is 5.97 Å². The molecule has 0 radical (unpaired) electrons. The number of carboxylic acid groups (broad SMARTS) is 1. The molecule has 0 fully saturated rings. The minimum absolute atomic E-state index is 0.118. The molecule has 0 aliphatic rings. The normalized spacial score (nSPS) is 10.8. The molecule has 0 spiro atoms. The standard InChI is InChI=1S/C17H13ClN2O3S2/c18-11-5-6-14-12(8-11)20-17(25-14)24-13-4-2-1-3-10(13)7-15(21)19-9-16(22)23/h1-6,8H,7,9H2,(H,19,21)(H,22,23). The van der Waals surface area contributed by atoms with Crippen LogP contribution in [-0.2, 0) is 16.0 Å². The van der Waals surface area contributed by atoms with E-state index in [1.807, 2.05) is 42.5 Å². The first kappa shape index (κ1) is 17.7. The lowest BCUT2D eigenvalue weighted by atomic mass is 10.1. The van der Waals surface area contributed by atoms with Crippen molar-refractivity contribution in [2.75, 3.05) is 6.54 Å². The van der Waals surface area contributed by atoms with Crippen molar-refractivity contribution in [3.05, 3.63) is 53.1 Å². The van der Waals surface area contributed by atoms with Crippen LogP contribution in [0, 0.1) is 0 Å². The molecule has 2 aromatic carbocycles. The van der Waals surface area contributed by atoms with Gasteiger partial charge in [-0.3, -0.25) is 9.59 Å². The van der Waals surface area contributed by atoms with Crippen molar-refractivity contribution >= 4 is 56.8 Å². The first-order valence-corrected chi connectivity index (χ1v) is 9.33. The number of hydrogen-bond donors (Lipinski definition) is 2. The lowest BCUT2D eigenvalue weighted by molar-refractivity contribution is -0.137. The van der Waals surface area contributed by atoms with Crippen LogP contribution in [0.25, 0.3) is 10.2 Å². The van der Waals surface area contributed by atoms with Crippen LogP contribution in [0.15, 0.2) is 51.7 Å². The number of aliphatic carboxylic acids is 1. The van der Waals surface area contributed by atoms with Crippen LogP contribution < -0.4 is 5.32 Å². The number of carboxylic acids is 1. The van der Waals surface area contributed by atoms with Gasteiger partial charge in [0.2, 0.25) is 5.91 Å². The van der Waals surface area contributed by atoms with Gasteiger partial charge in [-0.2, -0.15) is 0 Å². The largest absolute Gasteiger partial charge is 0.480 e. The molecule has 0 aliphatic carbocycles. The van der Waals surface area contributed by atoms with E-state index in [9.17, 15) is 9.59 Å². The maximum absolute atomic E-state index is 11.9. The van der Waals surface area contributed by atoms with Gasteiger partial charge in [0.25, 0.3) is 0 Å². The molecule has 1 heterocycles. The third-order valence-corrected chi connectivity index (χ3v) is 5.74. The Labute approximate surface area is 157 Å². The third-order valence-electron chi connectivity index (χ3n) is 3.29. The molecule has 0 saturated carbocycles. The van der Waals surface area contributed by atoms with Gasteiger partial charge < -0.3 is 10.4 Å². The van der Waals surface area contributed by atoms with E-state index in [0.717, 1.165) is 25.0 Å². The Morgan fingerprint density at radius 1 is 1.24 bits per heavy atom. The van der Waals surface area contributed by atoms with Crippen LogP contribution in [-0.4, -0.2) is 28.5 Å². The predicted molar refractivity (Wildman–Crippen MR) is 99.5 cm³/mol. The number of aromatic nitrogens is 1. The van der Waals surface area contributed by atoms with Crippen molar-refractivity contribution in [1.82, 2.24) is 10.3 Å². The predicted octanol–water partition coefficient (Wildman–Crippen LogP) is 3.84. The van der Waals surface area contributed by atoms with Crippen LogP contribution >= 0.6 is 34.7 Å². The number of benzene rings is 2. The molecule has 2 N–H and O–H groups in total. The summed E-state index contributed by atoms with van der Waals surface area (Å²) < 4.78 is 1.90. The topological polar surface area (TPSA) is 79.3 Å². The highest BCUT2D eigenvalue weighted by atomic mass is 35.5. The van der Waals surface area contributed by atoms with E-state index in [4.69, 9.17) is 16.7 Å². The molecule has 1 amide bonds. The second-order valence-electron chi connectivity index (χ2n) is 5.15. The van der Waals surface area contributed by atoms with Crippen molar-refractivity contribution in [2.24, 2.45) is 0 Å². The Balaban J connectivity index is 1.77. The first-order chi connectivity index (χ1) is 12.0. The summed E-state index contributed by atoms with van der Waals surface area (Å²) in [6, 6.07) is 13.1. The molecular weight excluding hydrogens is 380 g/mol. The maximum Gasteiger partial charge on any atom is 0.322 e. The van der Waals surface area contributed by atoms with Crippen LogP contribution in [0.2, 0.25) is 5.02 Å². The summed E-state index contributed by atoms with van der Waals surface area (Å²) in [5, 5.41) is 11.6. The number of rotatable bonds is 6. The summed E-state index contributed by atoms with van der Waals surface area (Å²) in [6.07, 6.45) is 0.118. The average molecular weight is 393 g/mol. The fraction of sp³-hybridized carbons (Fsp3) is 0.118. The van der Waals surface area contributed by atoms with Gasteiger partial charge in [-0.05, 0) is 29.8 Å². The van der Waals surface area contributed by atoms with Gasteiger partial charge in [0.1, 0.15) is 6.54 Å². The summed E-state index contributed by atoms with van der Waals surface area (Å²) in [7, 11) is 0. The van der Waals surface area contributed by atoms with Gasteiger partial charge in [0.05, 0.1) is 16.6 Å². The quantitative estimate of drug-likeness (QED) is 0.666. The fourth-order valence-electron chi connectivity index (χ4n) is 2.18. The Morgan fingerprint density at radius 2 is 2.04 bits per heavy atom. The zero-order chi connectivity index (χ0) is 17.8. The second kappa shape index (κ2) is 7.86. The molecule has 1 aromatic heterocycles. The Hall–Kier alpha value is -2.09. The monoisotopic (exact) mass is 392 g/mol. The molecule has 0 bridgehead atoms. The SMILES string of the molecule is O=C(O)CNC(=O)Cc1ccccc1Sc1nc2cc(Cl)ccc2s1. The van der Waals surface area contributed by atoms with Crippen LogP contribution in [0.4, 0.5) is 0 Å². The number of nitrogens with one attached hydrogen (secondary N) is 1. The van der Waals surface area contributed by atoms with E-state index >= 15 is 0 Å². The summed E-state index contributed by atoms with van der Waals surface area (Å²) in [4.78, 5) is 27.9. The number of hydrogen-bond acceptors (Lipinski definition) is 5. The molecule has 0 unspecified atom stereocenters. The molecule has 128 valence electrons. The maximum atomic E-state index is 11.9. The number of nitrogens with zero attached hydrogens (tertiary/aromatic N) is 1. The van der Waals surface area contributed by atoms with Gasteiger partial charge in [-0.15, -0.1) is 11.3 Å². The molecule has 3 rings (SSSR count). The number of halogens is 1. The fourth-order valence-corrected chi connectivity index (χ4v) is 4.48. The molecule has 25 heavy (non-hydrogen) atoms. The van der Waals surface area contributed by atoms with E-state index in [-0.39, 0.29) is 18.9 Å². The second-order valence-corrected chi connectivity index (χ2v) is 7.91. The Bertz CT molecular complexity index is 943. The van der Waals surface area contributed by atoms with Crippen LogP contribution in [0.3, 0.4) is 0 Å². The molecular formula is C17H13ClN2O3S2. The van der Waals surface area contributed by atoms with Crippen LogP contribution in [0.5, 0.6) is 0 Å². The summed E-state index contributed by atoms with van der Waals surface area (Å²) >= 11 is 9.03.